The molecule has 3 aromatic carbocycles. The molecular weight excluding hydrogens is 366 g/mol. The Morgan fingerprint density at radius 1 is 0.793 bits per heavy atom. The van der Waals surface area contributed by atoms with Gasteiger partial charge in [-0.1, -0.05) is 42.5 Å². The van der Waals surface area contributed by atoms with E-state index < -0.39 is 0 Å². The molecule has 0 aliphatic heterocycles. The molecule has 0 saturated heterocycles. The molecule has 3 aromatic rings. The third-order valence-corrected chi connectivity index (χ3v) is 4.29. The van der Waals surface area contributed by atoms with Gasteiger partial charge in [-0.05, 0) is 42.0 Å². The first kappa shape index (κ1) is 20.4. The van der Waals surface area contributed by atoms with Crippen molar-refractivity contribution in [2.75, 3.05) is 32.2 Å². The number of benzene rings is 3. The molecule has 0 atom stereocenters. The Bertz CT molecular complexity index is 894. The fourth-order valence-corrected chi connectivity index (χ4v) is 2.78. The van der Waals surface area contributed by atoms with E-state index in [0.717, 1.165) is 12.2 Å². The minimum Gasteiger partial charge on any atom is -0.493 e. The van der Waals surface area contributed by atoms with Crippen molar-refractivity contribution in [1.82, 2.24) is 0 Å². The largest absolute Gasteiger partial charge is 0.493 e. The van der Waals surface area contributed by atoms with Gasteiger partial charge >= 0.3 is 0 Å². The molecule has 29 heavy (non-hydrogen) atoms. The summed E-state index contributed by atoms with van der Waals surface area (Å²) >= 11 is 0. The molecule has 0 heterocycles. The Labute approximate surface area is 171 Å². The normalized spacial score (nSPS) is 10.4. The molecule has 0 radical (unpaired) electrons. The van der Waals surface area contributed by atoms with E-state index in [1.54, 1.807) is 19.2 Å². The maximum atomic E-state index is 12.6. The summed E-state index contributed by atoms with van der Waals surface area (Å²) in [6, 6.07) is 24.7. The zero-order valence-electron chi connectivity index (χ0n) is 16.5. The molecule has 3 rings (SSSR count). The van der Waals surface area contributed by atoms with Crippen LogP contribution < -0.4 is 14.8 Å². The smallest absolute Gasteiger partial charge is 0.259 e. The third-order valence-electron chi connectivity index (χ3n) is 4.29. The Balaban J connectivity index is 1.53. The summed E-state index contributed by atoms with van der Waals surface area (Å²) in [6.45, 7) is 1.44. The summed E-state index contributed by atoms with van der Waals surface area (Å²) in [6.07, 6.45) is 0.846. The van der Waals surface area contributed by atoms with Crippen LogP contribution in [-0.2, 0) is 11.2 Å². The number of rotatable bonds is 10. The lowest BCUT2D eigenvalue weighted by Gasteiger charge is -2.12. The van der Waals surface area contributed by atoms with Gasteiger partial charge in [-0.25, -0.2) is 0 Å². The minimum atomic E-state index is -0.226. The molecule has 0 bridgehead atoms. The van der Waals surface area contributed by atoms with Gasteiger partial charge in [0.05, 0.1) is 18.8 Å². The Morgan fingerprint density at radius 3 is 2.28 bits per heavy atom. The number of hydrogen-bond donors (Lipinski definition) is 1. The van der Waals surface area contributed by atoms with Gasteiger partial charge in [-0.15, -0.1) is 0 Å². The van der Waals surface area contributed by atoms with Crippen LogP contribution >= 0.6 is 0 Å². The number of amides is 1. The van der Waals surface area contributed by atoms with Crippen molar-refractivity contribution in [3.8, 4) is 11.5 Å². The van der Waals surface area contributed by atoms with Crippen LogP contribution in [-0.4, -0.2) is 32.8 Å². The summed E-state index contributed by atoms with van der Waals surface area (Å²) in [5.41, 5.74) is 2.41. The highest BCUT2D eigenvalue weighted by atomic mass is 16.5. The topological polar surface area (TPSA) is 56.8 Å². The molecule has 0 spiro atoms. The maximum Gasteiger partial charge on any atom is 0.259 e. The molecule has 0 aromatic heterocycles. The molecular formula is C24H25NO4. The van der Waals surface area contributed by atoms with Crippen LogP contribution in [0.25, 0.3) is 0 Å². The summed E-state index contributed by atoms with van der Waals surface area (Å²) < 4.78 is 16.4. The number of para-hydroxylation sites is 1. The van der Waals surface area contributed by atoms with Crippen LogP contribution in [0.2, 0.25) is 0 Å². The van der Waals surface area contributed by atoms with Gasteiger partial charge < -0.3 is 19.5 Å². The summed E-state index contributed by atoms with van der Waals surface area (Å²) in [5, 5.41) is 2.89. The van der Waals surface area contributed by atoms with Gasteiger partial charge in [0.25, 0.3) is 5.91 Å². The highest BCUT2D eigenvalue weighted by Gasteiger charge is 2.12. The van der Waals surface area contributed by atoms with Crippen LogP contribution in [0.1, 0.15) is 15.9 Å². The standard InChI is InChI=1S/C24H25NO4/c1-27-17-18-29-23-10-6-5-9-22(23)24(26)25-20-11-13-21(14-12-20)28-16-15-19-7-3-2-4-8-19/h2-14H,15-18H2,1H3,(H,25,26). The van der Waals surface area contributed by atoms with Gasteiger partial charge in [0.15, 0.2) is 0 Å². The van der Waals surface area contributed by atoms with Crippen LogP contribution in [0.3, 0.4) is 0 Å². The summed E-state index contributed by atoms with van der Waals surface area (Å²) in [5.74, 6) is 1.07. The first-order valence-electron chi connectivity index (χ1n) is 9.55. The van der Waals surface area contributed by atoms with Crippen molar-refractivity contribution in [1.29, 1.82) is 0 Å². The van der Waals surface area contributed by atoms with E-state index >= 15 is 0 Å². The van der Waals surface area contributed by atoms with Crippen LogP contribution in [0.5, 0.6) is 11.5 Å². The minimum absolute atomic E-state index is 0.226. The Kier molecular flexibility index (Phi) is 7.66. The van der Waals surface area contributed by atoms with E-state index in [4.69, 9.17) is 14.2 Å². The monoisotopic (exact) mass is 391 g/mol. The number of carbonyl (C=O) groups is 1. The maximum absolute atomic E-state index is 12.6. The van der Waals surface area contributed by atoms with E-state index in [-0.39, 0.29) is 5.91 Å². The number of nitrogens with one attached hydrogen (secondary N) is 1. The lowest BCUT2D eigenvalue weighted by molar-refractivity contribution is 0.101. The predicted molar refractivity (Wildman–Crippen MR) is 114 cm³/mol. The van der Waals surface area contributed by atoms with Gasteiger partial charge in [-0.3, -0.25) is 4.79 Å². The first-order chi connectivity index (χ1) is 14.3. The third kappa shape index (κ3) is 6.36. The molecule has 0 aliphatic rings. The molecule has 0 unspecified atom stereocenters. The quantitative estimate of drug-likeness (QED) is 0.514. The Hall–Kier alpha value is -3.31. The van der Waals surface area contributed by atoms with Crippen molar-refractivity contribution in [3.63, 3.8) is 0 Å². The second-order valence-corrected chi connectivity index (χ2v) is 6.40. The lowest BCUT2D eigenvalue weighted by Crippen LogP contribution is -2.14. The number of ether oxygens (including phenoxy) is 3. The number of anilines is 1. The fraction of sp³-hybridized carbons (Fsp3) is 0.208. The number of hydrogen-bond acceptors (Lipinski definition) is 4. The van der Waals surface area contributed by atoms with Crippen molar-refractivity contribution in [2.45, 2.75) is 6.42 Å². The molecule has 1 N–H and O–H groups in total. The van der Waals surface area contributed by atoms with Gasteiger partial charge in [0, 0.05) is 19.2 Å². The van der Waals surface area contributed by atoms with Crippen molar-refractivity contribution in [2.24, 2.45) is 0 Å². The van der Waals surface area contributed by atoms with E-state index in [9.17, 15) is 4.79 Å². The van der Waals surface area contributed by atoms with Crippen molar-refractivity contribution < 1.29 is 19.0 Å². The predicted octanol–water partition coefficient (Wildman–Crippen LogP) is 4.59. The van der Waals surface area contributed by atoms with Crippen molar-refractivity contribution >= 4 is 11.6 Å². The molecule has 0 fully saturated rings. The summed E-state index contributed by atoms with van der Waals surface area (Å²) in [4.78, 5) is 12.6. The average Bonchev–Trinajstić information content (AvgIpc) is 2.76. The second kappa shape index (κ2) is 10.9. The molecule has 5 heteroatoms. The van der Waals surface area contributed by atoms with Crippen LogP contribution in [0.15, 0.2) is 78.9 Å². The summed E-state index contributed by atoms with van der Waals surface area (Å²) in [7, 11) is 1.61. The second-order valence-electron chi connectivity index (χ2n) is 6.40. The van der Waals surface area contributed by atoms with E-state index in [1.165, 1.54) is 5.56 Å². The lowest BCUT2D eigenvalue weighted by atomic mass is 10.1. The first-order valence-corrected chi connectivity index (χ1v) is 9.55. The van der Waals surface area contributed by atoms with Gasteiger partial charge in [-0.2, -0.15) is 0 Å². The van der Waals surface area contributed by atoms with E-state index in [0.29, 0.717) is 36.8 Å². The Morgan fingerprint density at radius 2 is 1.52 bits per heavy atom. The number of carbonyl (C=O) groups excluding carboxylic acids is 1. The molecule has 0 saturated carbocycles. The van der Waals surface area contributed by atoms with Gasteiger partial charge in [0.1, 0.15) is 18.1 Å². The van der Waals surface area contributed by atoms with E-state index in [1.807, 2.05) is 54.6 Å². The SMILES string of the molecule is COCCOc1ccccc1C(=O)Nc1ccc(OCCc2ccccc2)cc1. The molecule has 1 amide bonds. The van der Waals surface area contributed by atoms with E-state index in [2.05, 4.69) is 17.4 Å². The highest BCUT2D eigenvalue weighted by molar-refractivity contribution is 6.06. The number of methoxy groups -OCH3 is 1. The van der Waals surface area contributed by atoms with Crippen molar-refractivity contribution in [3.05, 3.63) is 90.0 Å². The van der Waals surface area contributed by atoms with Gasteiger partial charge in [0.2, 0.25) is 0 Å². The highest BCUT2D eigenvalue weighted by Crippen LogP contribution is 2.21. The molecule has 0 aliphatic carbocycles. The average molecular weight is 391 g/mol. The fourth-order valence-electron chi connectivity index (χ4n) is 2.78. The molecule has 150 valence electrons. The van der Waals surface area contributed by atoms with Crippen LogP contribution in [0.4, 0.5) is 5.69 Å². The zero-order chi connectivity index (χ0) is 20.3. The molecule has 5 nitrogen and oxygen atoms in total. The zero-order valence-corrected chi connectivity index (χ0v) is 16.5. The van der Waals surface area contributed by atoms with Crippen LogP contribution in [0, 0.1) is 0 Å².